The molecule has 2 unspecified atom stereocenters. The SMILES string of the molecule is CC1C=CC(N2CCN(CCC3CC4(CCN(S(=O)(=O)c5ccco5)CC4)C(=O)O3)CC2)=CC1. The summed E-state index contributed by atoms with van der Waals surface area (Å²) in [6.45, 7) is 7.89. The summed E-state index contributed by atoms with van der Waals surface area (Å²) < 4.78 is 37.7. The van der Waals surface area contributed by atoms with E-state index in [-0.39, 0.29) is 17.2 Å². The second-order valence-electron chi connectivity index (χ2n) is 10.2. The van der Waals surface area contributed by atoms with Gasteiger partial charge in [-0.1, -0.05) is 19.1 Å². The first-order valence-corrected chi connectivity index (χ1v) is 13.9. The van der Waals surface area contributed by atoms with Crippen LogP contribution in [-0.4, -0.2) is 80.4 Å². The highest BCUT2D eigenvalue weighted by Crippen LogP contribution is 2.44. The van der Waals surface area contributed by atoms with E-state index in [1.807, 2.05) is 0 Å². The van der Waals surface area contributed by atoms with Gasteiger partial charge in [0.1, 0.15) is 6.10 Å². The molecule has 2 atom stereocenters. The summed E-state index contributed by atoms with van der Waals surface area (Å²) in [6.07, 6.45) is 11.8. The van der Waals surface area contributed by atoms with Crippen molar-refractivity contribution in [2.45, 2.75) is 50.2 Å². The number of carbonyl (C=O) groups excluding carboxylic acids is 1. The maximum Gasteiger partial charge on any atom is 0.312 e. The molecule has 0 saturated carbocycles. The van der Waals surface area contributed by atoms with E-state index in [9.17, 15) is 13.2 Å². The van der Waals surface area contributed by atoms with Crippen LogP contribution in [0.25, 0.3) is 0 Å². The highest BCUT2D eigenvalue weighted by atomic mass is 32.2. The van der Waals surface area contributed by atoms with Gasteiger partial charge in [-0.15, -0.1) is 0 Å². The molecule has 3 fully saturated rings. The molecular weight excluding hydrogens is 454 g/mol. The first-order chi connectivity index (χ1) is 16.4. The van der Waals surface area contributed by atoms with Gasteiger partial charge in [-0.25, -0.2) is 8.42 Å². The molecule has 5 rings (SSSR count). The van der Waals surface area contributed by atoms with Gasteiger partial charge in [0, 0.05) is 57.9 Å². The maximum absolute atomic E-state index is 12.8. The van der Waals surface area contributed by atoms with Crippen molar-refractivity contribution < 1.29 is 22.4 Å². The third kappa shape index (κ3) is 4.70. The Kier molecular flexibility index (Phi) is 6.61. The molecule has 9 heteroatoms. The number of piperazine rings is 1. The number of nitrogens with zero attached hydrogens (tertiary/aromatic N) is 3. The van der Waals surface area contributed by atoms with Crippen molar-refractivity contribution in [2.75, 3.05) is 45.8 Å². The fraction of sp³-hybridized carbons (Fsp3) is 0.640. The van der Waals surface area contributed by atoms with Gasteiger partial charge in [-0.05, 0) is 49.8 Å². The van der Waals surface area contributed by atoms with Crippen molar-refractivity contribution >= 4 is 16.0 Å². The summed E-state index contributed by atoms with van der Waals surface area (Å²) >= 11 is 0. The molecule has 0 amide bonds. The van der Waals surface area contributed by atoms with Crippen LogP contribution in [0, 0.1) is 11.3 Å². The highest BCUT2D eigenvalue weighted by molar-refractivity contribution is 7.89. The summed E-state index contributed by atoms with van der Waals surface area (Å²) in [5.74, 6) is 0.484. The van der Waals surface area contributed by atoms with Gasteiger partial charge in [0.05, 0.1) is 11.7 Å². The number of hydrogen-bond acceptors (Lipinski definition) is 7. The van der Waals surface area contributed by atoms with Crippen molar-refractivity contribution in [1.82, 2.24) is 14.1 Å². The zero-order valence-corrected chi connectivity index (χ0v) is 20.7. The molecule has 0 aromatic carbocycles. The minimum Gasteiger partial charge on any atom is -0.462 e. The van der Waals surface area contributed by atoms with Gasteiger partial charge in [0.25, 0.3) is 10.0 Å². The van der Waals surface area contributed by atoms with Gasteiger partial charge in [0.15, 0.2) is 0 Å². The zero-order chi connectivity index (χ0) is 23.8. The van der Waals surface area contributed by atoms with Crippen LogP contribution in [-0.2, 0) is 19.6 Å². The third-order valence-corrected chi connectivity index (χ3v) is 9.68. The molecule has 1 aromatic rings. The molecule has 0 radical (unpaired) electrons. The van der Waals surface area contributed by atoms with Gasteiger partial charge < -0.3 is 14.1 Å². The first kappa shape index (κ1) is 23.6. The summed E-state index contributed by atoms with van der Waals surface area (Å²) in [7, 11) is -3.64. The van der Waals surface area contributed by atoms with Gasteiger partial charge >= 0.3 is 5.97 Å². The molecule has 1 aromatic heterocycles. The van der Waals surface area contributed by atoms with Crippen LogP contribution in [0.2, 0.25) is 0 Å². The molecule has 1 aliphatic carbocycles. The Balaban J connectivity index is 1.08. The van der Waals surface area contributed by atoms with Crippen LogP contribution in [0.5, 0.6) is 0 Å². The smallest absolute Gasteiger partial charge is 0.312 e. The predicted molar refractivity (Wildman–Crippen MR) is 127 cm³/mol. The lowest BCUT2D eigenvalue weighted by molar-refractivity contribution is -0.150. The number of allylic oxidation sites excluding steroid dienone is 3. The maximum atomic E-state index is 12.8. The second-order valence-corrected chi connectivity index (χ2v) is 12.0. The van der Waals surface area contributed by atoms with E-state index in [0.29, 0.717) is 38.3 Å². The number of furan rings is 1. The molecule has 1 spiro atoms. The first-order valence-electron chi connectivity index (χ1n) is 12.5. The number of hydrogen-bond donors (Lipinski definition) is 0. The van der Waals surface area contributed by atoms with E-state index in [4.69, 9.17) is 9.15 Å². The van der Waals surface area contributed by atoms with Crippen LogP contribution in [0.1, 0.15) is 39.0 Å². The topological polar surface area (TPSA) is 83.3 Å². The Morgan fingerprint density at radius 1 is 1.12 bits per heavy atom. The van der Waals surface area contributed by atoms with Crippen LogP contribution >= 0.6 is 0 Å². The zero-order valence-electron chi connectivity index (χ0n) is 19.9. The van der Waals surface area contributed by atoms with Crippen LogP contribution < -0.4 is 0 Å². The highest BCUT2D eigenvalue weighted by Gasteiger charge is 2.51. The van der Waals surface area contributed by atoms with E-state index >= 15 is 0 Å². The lowest BCUT2D eigenvalue weighted by Gasteiger charge is -2.37. The van der Waals surface area contributed by atoms with Crippen molar-refractivity contribution in [2.24, 2.45) is 11.3 Å². The second kappa shape index (κ2) is 9.51. The van der Waals surface area contributed by atoms with Crippen molar-refractivity contribution in [1.29, 1.82) is 0 Å². The fourth-order valence-corrected chi connectivity index (χ4v) is 6.95. The third-order valence-electron chi connectivity index (χ3n) is 7.89. The molecule has 0 N–H and O–H groups in total. The quantitative estimate of drug-likeness (QED) is 0.568. The van der Waals surface area contributed by atoms with Crippen LogP contribution in [0.4, 0.5) is 0 Å². The number of cyclic esters (lactones) is 1. The monoisotopic (exact) mass is 489 g/mol. The summed E-state index contributed by atoms with van der Waals surface area (Å²) in [4.78, 5) is 17.7. The number of sulfonamides is 1. The molecule has 186 valence electrons. The molecule has 8 nitrogen and oxygen atoms in total. The van der Waals surface area contributed by atoms with Crippen molar-refractivity contribution in [3.8, 4) is 0 Å². The standard InChI is InChI=1S/C25H35N3O5S/c1-20-4-6-21(7-5-20)27-16-14-26(15-17-27)11-8-22-19-25(24(29)33-22)9-12-28(13-10-25)34(30,31)23-3-2-18-32-23/h2-4,6-7,18,20,22H,5,8-17,19H2,1H3. The molecule has 0 bridgehead atoms. The number of carbonyl (C=O) groups is 1. The lowest BCUT2D eigenvalue weighted by atomic mass is 9.76. The van der Waals surface area contributed by atoms with E-state index in [0.717, 1.165) is 45.6 Å². The average Bonchev–Trinajstić information content (AvgIpc) is 3.49. The minimum atomic E-state index is -3.64. The Morgan fingerprint density at radius 2 is 1.88 bits per heavy atom. The Morgan fingerprint density at radius 3 is 2.53 bits per heavy atom. The molecule has 3 aliphatic heterocycles. The van der Waals surface area contributed by atoms with Crippen LogP contribution in [0.15, 0.2) is 51.8 Å². The Labute approximate surface area is 202 Å². The van der Waals surface area contributed by atoms with Gasteiger partial charge in [0.2, 0.25) is 5.09 Å². The Bertz CT molecular complexity index is 1030. The van der Waals surface area contributed by atoms with Crippen LogP contribution in [0.3, 0.4) is 0 Å². The summed E-state index contributed by atoms with van der Waals surface area (Å²) in [5, 5.41) is -0.0409. The van der Waals surface area contributed by atoms with Gasteiger partial charge in [-0.2, -0.15) is 4.31 Å². The minimum absolute atomic E-state index is 0.0409. The molecule has 4 aliphatic rings. The van der Waals surface area contributed by atoms with E-state index in [2.05, 4.69) is 35.0 Å². The normalized spacial score (nSPS) is 28.3. The predicted octanol–water partition coefficient (Wildman–Crippen LogP) is 2.85. The average molecular weight is 490 g/mol. The Hall–Kier alpha value is -2.10. The number of ether oxygens (including phenoxy) is 1. The molecular formula is C25H35N3O5S. The molecule has 34 heavy (non-hydrogen) atoms. The molecule has 4 heterocycles. The van der Waals surface area contributed by atoms with E-state index < -0.39 is 15.4 Å². The number of piperidine rings is 1. The number of esters is 1. The van der Waals surface area contributed by atoms with Gasteiger partial charge in [-0.3, -0.25) is 9.69 Å². The lowest BCUT2D eigenvalue weighted by Crippen LogP contribution is -2.46. The summed E-state index contributed by atoms with van der Waals surface area (Å²) in [6, 6.07) is 3.03. The summed E-state index contributed by atoms with van der Waals surface area (Å²) in [5.41, 5.74) is 0.806. The van der Waals surface area contributed by atoms with Crippen molar-refractivity contribution in [3.63, 3.8) is 0 Å². The van der Waals surface area contributed by atoms with E-state index in [1.165, 1.54) is 22.3 Å². The number of rotatable bonds is 6. The fourth-order valence-electron chi connectivity index (χ4n) is 5.61. The largest absolute Gasteiger partial charge is 0.462 e. The van der Waals surface area contributed by atoms with Crippen molar-refractivity contribution in [3.05, 3.63) is 42.3 Å². The molecule has 3 saturated heterocycles. The van der Waals surface area contributed by atoms with E-state index in [1.54, 1.807) is 6.07 Å².